The van der Waals surface area contributed by atoms with Crippen molar-refractivity contribution in [1.29, 1.82) is 0 Å². The zero-order chi connectivity index (χ0) is 12.3. The number of aromatic hydroxyl groups is 1. The lowest BCUT2D eigenvalue weighted by Crippen LogP contribution is -2.10. The van der Waals surface area contributed by atoms with E-state index in [0.717, 1.165) is 0 Å². The maximum Gasteiger partial charge on any atom is 0.291 e. The first-order chi connectivity index (χ1) is 8.20. The monoisotopic (exact) mass is 233 g/mol. The molecule has 17 heavy (non-hydrogen) atoms. The number of anilines is 1. The number of phenolic OH excluding ortho intramolecular Hbond substituents is 1. The molecule has 0 aliphatic carbocycles. The summed E-state index contributed by atoms with van der Waals surface area (Å²) in [7, 11) is 1.45. The van der Waals surface area contributed by atoms with Crippen LogP contribution in [0.15, 0.2) is 41.0 Å². The summed E-state index contributed by atoms with van der Waals surface area (Å²) in [4.78, 5) is 11.6. The summed E-state index contributed by atoms with van der Waals surface area (Å²) >= 11 is 0. The van der Waals surface area contributed by atoms with E-state index >= 15 is 0 Å². The minimum atomic E-state index is -0.375. The molecule has 2 rings (SSSR count). The van der Waals surface area contributed by atoms with Gasteiger partial charge in [-0.15, -0.1) is 0 Å². The molecule has 2 N–H and O–H groups in total. The molecule has 1 aromatic carbocycles. The molecule has 0 aliphatic heterocycles. The molecule has 0 radical (unpaired) electrons. The first-order valence-electron chi connectivity index (χ1n) is 4.92. The van der Waals surface area contributed by atoms with Crippen LogP contribution in [-0.2, 0) is 0 Å². The topological polar surface area (TPSA) is 71.7 Å². The van der Waals surface area contributed by atoms with E-state index in [0.29, 0.717) is 11.4 Å². The van der Waals surface area contributed by atoms with Crippen molar-refractivity contribution in [3.05, 3.63) is 42.4 Å². The highest BCUT2D eigenvalue weighted by molar-refractivity contribution is 6.02. The minimum Gasteiger partial charge on any atom is -0.504 e. The molecule has 1 heterocycles. The third kappa shape index (κ3) is 2.39. The Morgan fingerprint density at radius 2 is 2.24 bits per heavy atom. The number of furan rings is 1. The average Bonchev–Trinajstić information content (AvgIpc) is 2.82. The zero-order valence-electron chi connectivity index (χ0n) is 9.14. The van der Waals surface area contributed by atoms with Crippen molar-refractivity contribution in [3.8, 4) is 11.5 Å². The molecule has 88 valence electrons. The van der Waals surface area contributed by atoms with Gasteiger partial charge in [-0.3, -0.25) is 4.79 Å². The molecule has 0 saturated heterocycles. The number of methoxy groups -OCH3 is 1. The van der Waals surface area contributed by atoms with E-state index in [4.69, 9.17) is 9.15 Å². The lowest BCUT2D eigenvalue weighted by atomic mass is 10.2. The van der Waals surface area contributed by atoms with Crippen LogP contribution in [0.3, 0.4) is 0 Å². The number of amides is 1. The van der Waals surface area contributed by atoms with Gasteiger partial charge in [0.15, 0.2) is 17.3 Å². The SMILES string of the molecule is COc1ccc(NC(=O)c2ccco2)cc1O. The van der Waals surface area contributed by atoms with Crippen molar-refractivity contribution in [2.45, 2.75) is 0 Å². The Hall–Kier alpha value is -2.43. The fourth-order valence-electron chi connectivity index (χ4n) is 1.37. The van der Waals surface area contributed by atoms with Crippen LogP contribution in [0, 0.1) is 0 Å². The number of ether oxygens (including phenoxy) is 1. The number of hydrogen-bond acceptors (Lipinski definition) is 4. The Bertz CT molecular complexity index is 519. The molecule has 0 spiro atoms. The van der Waals surface area contributed by atoms with Gasteiger partial charge in [-0.05, 0) is 24.3 Å². The number of rotatable bonds is 3. The van der Waals surface area contributed by atoms with E-state index in [1.54, 1.807) is 24.3 Å². The van der Waals surface area contributed by atoms with Gasteiger partial charge < -0.3 is 19.6 Å². The maximum absolute atomic E-state index is 11.6. The minimum absolute atomic E-state index is 0.0373. The van der Waals surface area contributed by atoms with E-state index < -0.39 is 0 Å². The Balaban J connectivity index is 2.14. The predicted molar refractivity (Wildman–Crippen MR) is 61.3 cm³/mol. The van der Waals surface area contributed by atoms with Gasteiger partial charge >= 0.3 is 0 Å². The van der Waals surface area contributed by atoms with Crippen LogP contribution in [0.1, 0.15) is 10.6 Å². The van der Waals surface area contributed by atoms with Gasteiger partial charge in [-0.1, -0.05) is 0 Å². The van der Waals surface area contributed by atoms with Crippen molar-refractivity contribution in [1.82, 2.24) is 0 Å². The average molecular weight is 233 g/mol. The van der Waals surface area contributed by atoms with E-state index in [1.165, 1.54) is 19.4 Å². The molecule has 2 aromatic rings. The van der Waals surface area contributed by atoms with Gasteiger partial charge in [-0.25, -0.2) is 0 Å². The highest BCUT2D eigenvalue weighted by Gasteiger charge is 2.10. The van der Waals surface area contributed by atoms with Gasteiger partial charge in [0, 0.05) is 11.8 Å². The first kappa shape index (κ1) is 11.1. The lowest BCUT2D eigenvalue weighted by molar-refractivity contribution is 0.0996. The molecule has 0 bridgehead atoms. The number of carbonyl (C=O) groups is 1. The quantitative estimate of drug-likeness (QED) is 0.852. The van der Waals surface area contributed by atoms with Gasteiger partial charge in [0.25, 0.3) is 5.91 Å². The summed E-state index contributed by atoms with van der Waals surface area (Å²) in [6.07, 6.45) is 1.42. The molecule has 0 fully saturated rings. The summed E-state index contributed by atoms with van der Waals surface area (Å²) in [5, 5.41) is 12.1. The second kappa shape index (κ2) is 4.61. The zero-order valence-corrected chi connectivity index (χ0v) is 9.14. The van der Waals surface area contributed by atoms with Crippen LogP contribution >= 0.6 is 0 Å². The van der Waals surface area contributed by atoms with Crippen LogP contribution in [0.25, 0.3) is 0 Å². The van der Waals surface area contributed by atoms with E-state index in [1.807, 2.05) is 0 Å². The molecule has 1 amide bonds. The first-order valence-corrected chi connectivity index (χ1v) is 4.92. The van der Waals surface area contributed by atoms with Gasteiger partial charge in [-0.2, -0.15) is 0 Å². The summed E-state index contributed by atoms with van der Waals surface area (Å²) < 4.78 is 9.84. The third-order valence-corrected chi connectivity index (χ3v) is 2.18. The summed E-state index contributed by atoms with van der Waals surface area (Å²) in [5.74, 6) is 0.144. The molecule has 5 heteroatoms. The lowest BCUT2D eigenvalue weighted by Gasteiger charge is -2.06. The molecule has 0 saturated carbocycles. The van der Waals surface area contributed by atoms with E-state index in [9.17, 15) is 9.90 Å². The Labute approximate surface area is 97.6 Å². The Kier molecular flexibility index (Phi) is 3.00. The smallest absolute Gasteiger partial charge is 0.291 e. The summed E-state index contributed by atoms with van der Waals surface area (Å²) in [5.41, 5.74) is 0.463. The molecule has 0 unspecified atom stereocenters. The molecular formula is C12H11NO4. The molecular weight excluding hydrogens is 222 g/mol. The largest absolute Gasteiger partial charge is 0.504 e. The Morgan fingerprint density at radius 1 is 1.41 bits per heavy atom. The maximum atomic E-state index is 11.6. The van der Waals surface area contributed by atoms with Crippen LogP contribution in [0.4, 0.5) is 5.69 Å². The second-order valence-electron chi connectivity index (χ2n) is 3.32. The standard InChI is InChI=1S/C12H11NO4/c1-16-10-5-4-8(7-9(10)14)13-12(15)11-3-2-6-17-11/h2-7,14H,1H3,(H,13,15). The van der Waals surface area contributed by atoms with Gasteiger partial charge in [0.2, 0.25) is 0 Å². The number of hydrogen-bond donors (Lipinski definition) is 2. The molecule has 0 aliphatic rings. The molecule has 5 nitrogen and oxygen atoms in total. The van der Waals surface area contributed by atoms with Crippen molar-refractivity contribution < 1.29 is 19.1 Å². The van der Waals surface area contributed by atoms with E-state index in [-0.39, 0.29) is 17.4 Å². The normalized spacial score (nSPS) is 9.94. The van der Waals surface area contributed by atoms with Crippen LogP contribution in [0.2, 0.25) is 0 Å². The van der Waals surface area contributed by atoms with Crippen LogP contribution in [-0.4, -0.2) is 18.1 Å². The van der Waals surface area contributed by atoms with Gasteiger partial charge in [0.1, 0.15) is 0 Å². The highest BCUT2D eigenvalue weighted by atomic mass is 16.5. The predicted octanol–water partition coefficient (Wildman–Crippen LogP) is 2.25. The fourth-order valence-corrected chi connectivity index (χ4v) is 1.37. The Morgan fingerprint density at radius 3 is 2.82 bits per heavy atom. The number of nitrogens with one attached hydrogen (secondary N) is 1. The van der Waals surface area contributed by atoms with Crippen molar-refractivity contribution in [3.63, 3.8) is 0 Å². The number of benzene rings is 1. The van der Waals surface area contributed by atoms with Crippen LogP contribution < -0.4 is 10.1 Å². The molecule has 1 aromatic heterocycles. The van der Waals surface area contributed by atoms with Crippen molar-refractivity contribution >= 4 is 11.6 Å². The van der Waals surface area contributed by atoms with Crippen molar-refractivity contribution in [2.75, 3.05) is 12.4 Å². The molecule has 0 atom stereocenters. The van der Waals surface area contributed by atoms with Crippen molar-refractivity contribution in [2.24, 2.45) is 0 Å². The summed E-state index contributed by atoms with van der Waals surface area (Å²) in [6.45, 7) is 0. The number of phenols is 1. The van der Waals surface area contributed by atoms with E-state index in [2.05, 4.69) is 5.32 Å². The third-order valence-electron chi connectivity index (χ3n) is 2.18. The highest BCUT2D eigenvalue weighted by Crippen LogP contribution is 2.28. The van der Waals surface area contributed by atoms with Gasteiger partial charge in [0.05, 0.1) is 13.4 Å². The fraction of sp³-hybridized carbons (Fsp3) is 0.0833. The van der Waals surface area contributed by atoms with Crippen LogP contribution in [0.5, 0.6) is 11.5 Å². The second-order valence-corrected chi connectivity index (χ2v) is 3.32. The number of carbonyl (C=O) groups excluding carboxylic acids is 1. The summed E-state index contributed by atoms with van der Waals surface area (Å²) in [6, 6.07) is 7.77.